The van der Waals surface area contributed by atoms with Gasteiger partial charge in [0.2, 0.25) is 0 Å². The summed E-state index contributed by atoms with van der Waals surface area (Å²) >= 11 is 0. The van der Waals surface area contributed by atoms with Crippen molar-refractivity contribution < 1.29 is 44.8 Å². The largest absolute Gasteiger partial charge is 1.00 e. The molecule has 0 amide bonds. The molecule has 0 aliphatic heterocycles. The van der Waals surface area contributed by atoms with Crippen LogP contribution in [0.3, 0.4) is 0 Å². The molecule has 2 heterocycles. The number of hydrogen-bond donors (Lipinski definition) is 0. The van der Waals surface area contributed by atoms with Gasteiger partial charge in [0.25, 0.3) is 0 Å². The van der Waals surface area contributed by atoms with Gasteiger partial charge < -0.3 is 12.8 Å². The molecule has 2 aliphatic carbocycles. The summed E-state index contributed by atoms with van der Waals surface area (Å²) in [7, 11) is 0. The van der Waals surface area contributed by atoms with Crippen molar-refractivity contribution in [2.24, 2.45) is 0 Å². The Bertz CT molecular complexity index is 1840. The Balaban J connectivity index is 0.000000151. The molecule has 0 bridgehead atoms. The Morgan fingerprint density at radius 1 is 0.489 bits per heavy atom. The molecule has 0 fully saturated rings. The average molecular weight is 947 g/mol. The number of benzene rings is 4. The van der Waals surface area contributed by atoms with E-state index in [2.05, 4.69) is 102 Å². The van der Waals surface area contributed by atoms with Crippen molar-refractivity contribution in [1.82, 2.24) is 29.9 Å². The predicted octanol–water partition coefficient (Wildman–Crippen LogP) is 6.03. The summed E-state index contributed by atoms with van der Waals surface area (Å²) in [5.74, 6) is 6.18. The van der Waals surface area contributed by atoms with Crippen LogP contribution < -0.4 is 0 Å². The number of hydrogen-bond acceptors (Lipinski definition) is 6. The van der Waals surface area contributed by atoms with E-state index in [1.807, 2.05) is 24.3 Å². The Morgan fingerprint density at radius 2 is 0.867 bits per heavy atom. The molecular formula is C37H24Au2N6. The molecule has 0 saturated heterocycles. The standard InChI is InChI=1S/2C15H9.C7H6N6.2Au/c2*1-2-11-7-8-13-10-12-5-3-4-6-14(12)15(13)9-11;1(6-10-2-8-3-11-6)7-12-4-9-5-13-7;;/h2*3-9H,10H2;2-5H,1H2;;/q2*-1;;2*+1. The maximum atomic E-state index is 7.14. The van der Waals surface area contributed by atoms with Crippen LogP contribution in [0.5, 0.6) is 0 Å². The smallest absolute Gasteiger partial charge is 0.366 e. The molecule has 8 heteroatoms. The molecule has 0 atom stereocenters. The maximum Gasteiger partial charge on any atom is 1.00 e. The van der Waals surface area contributed by atoms with Crippen LogP contribution in [0.1, 0.15) is 45.0 Å². The van der Waals surface area contributed by atoms with Crippen LogP contribution in [0, 0.1) is 24.7 Å². The van der Waals surface area contributed by atoms with Crippen LogP contribution in [0.2, 0.25) is 0 Å². The fourth-order valence-corrected chi connectivity index (χ4v) is 5.25. The first-order valence-electron chi connectivity index (χ1n) is 13.7. The second kappa shape index (κ2) is 16.0. The van der Waals surface area contributed by atoms with E-state index >= 15 is 0 Å². The first-order valence-corrected chi connectivity index (χ1v) is 13.7. The maximum absolute atomic E-state index is 7.14. The quantitative estimate of drug-likeness (QED) is 0.120. The normalized spacial score (nSPS) is 10.6. The molecule has 0 saturated carbocycles. The van der Waals surface area contributed by atoms with Gasteiger partial charge in [-0.2, -0.15) is 0 Å². The molecule has 45 heavy (non-hydrogen) atoms. The molecular weight excluding hydrogens is 922 g/mol. The molecule has 0 radical (unpaired) electrons. The minimum Gasteiger partial charge on any atom is -0.366 e. The second-order valence-electron chi connectivity index (χ2n) is 9.95. The zero-order valence-electron chi connectivity index (χ0n) is 23.8. The first kappa shape index (κ1) is 33.4. The molecule has 2 aliphatic rings. The zero-order valence-corrected chi connectivity index (χ0v) is 28.1. The van der Waals surface area contributed by atoms with E-state index in [0.29, 0.717) is 18.1 Å². The van der Waals surface area contributed by atoms with E-state index < -0.39 is 0 Å². The van der Waals surface area contributed by atoms with Gasteiger partial charge in [0.05, 0.1) is 6.42 Å². The first-order chi connectivity index (χ1) is 21.2. The second-order valence-corrected chi connectivity index (χ2v) is 9.95. The zero-order chi connectivity index (χ0) is 29.4. The number of aromatic nitrogens is 6. The summed E-state index contributed by atoms with van der Waals surface area (Å²) < 4.78 is 0. The topological polar surface area (TPSA) is 77.3 Å². The average Bonchev–Trinajstić information content (AvgIpc) is 3.64. The van der Waals surface area contributed by atoms with Gasteiger partial charge in [-0.05, 0) is 57.3 Å². The monoisotopic (exact) mass is 946 g/mol. The summed E-state index contributed by atoms with van der Waals surface area (Å²) in [6.45, 7) is 0. The summed E-state index contributed by atoms with van der Waals surface area (Å²) in [6, 6.07) is 29.1. The molecule has 8 rings (SSSR count). The fourth-order valence-electron chi connectivity index (χ4n) is 5.25. The van der Waals surface area contributed by atoms with Crippen molar-refractivity contribution in [2.75, 3.05) is 0 Å². The number of fused-ring (bicyclic) bond motifs is 6. The van der Waals surface area contributed by atoms with E-state index in [9.17, 15) is 0 Å². The van der Waals surface area contributed by atoms with E-state index in [4.69, 9.17) is 12.8 Å². The van der Waals surface area contributed by atoms with Crippen molar-refractivity contribution in [3.8, 4) is 34.1 Å². The van der Waals surface area contributed by atoms with Gasteiger partial charge >= 0.3 is 44.8 Å². The Morgan fingerprint density at radius 3 is 1.27 bits per heavy atom. The summed E-state index contributed by atoms with van der Waals surface area (Å²) in [5.41, 5.74) is 12.3. The van der Waals surface area contributed by atoms with Crippen molar-refractivity contribution in [2.45, 2.75) is 19.3 Å². The third-order valence-corrected chi connectivity index (χ3v) is 7.30. The van der Waals surface area contributed by atoms with E-state index in [1.165, 1.54) is 69.8 Å². The molecule has 0 N–H and O–H groups in total. The Hall–Kier alpha value is -4.50. The van der Waals surface area contributed by atoms with Gasteiger partial charge in [-0.25, -0.2) is 29.9 Å². The summed E-state index contributed by atoms with van der Waals surface area (Å²) in [5, 5.41) is 0. The van der Waals surface area contributed by atoms with Crippen molar-refractivity contribution in [1.29, 1.82) is 0 Å². The predicted molar refractivity (Wildman–Crippen MR) is 164 cm³/mol. The summed E-state index contributed by atoms with van der Waals surface area (Å²) in [6.07, 6.45) is 22.6. The molecule has 0 unspecified atom stereocenters. The summed E-state index contributed by atoms with van der Waals surface area (Å²) in [4.78, 5) is 23.2. The van der Waals surface area contributed by atoms with E-state index in [1.54, 1.807) is 0 Å². The van der Waals surface area contributed by atoms with Crippen molar-refractivity contribution in [3.05, 3.63) is 168 Å². The molecule has 224 valence electrons. The van der Waals surface area contributed by atoms with Crippen LogP contribution in [0.25, 0.3) is 22.3 Å². The van der Waals surface area contributed by atoms with E-state index in [-0.39, 0.29) is 44.8 Å². The van der Waals surface area contributed by atoms with E-state index in [0.717, 1.165) is 24.0 Å². The SMILES string of the molecule is [Au+].[Au+].[C-]#Cc1ccc2c(c1)-c1ccccc1C2.[C-]#Cc1ccc2c(c1)-c1ccccc1C2.c1ncnc(Cc2ncncn2)n1. The number of nitrogens with zero attached hydrogens (tertiary/aromatic N) is 6. The van der Waals surface area contributed by atoms with Gasteiger partial charge in [-0.15, -0.1) is 35.4 Å². The third-order valence-electron chi connectivity index (χ3n) is 7.30. The molecule has 4 aromatic carbocycles. The van der Waals surface area contributed by atoms with Gasteiger partial charge in [0.1, 0.15) is 37.0 Å². The van der Waals surface area contributed by atoms with Gasteiger partial charge in [0, 0.05) is 0 Å². The third kappa shape index (κ3) is 7.97. The fraction of sp³-hybridized carbons (Fsp3) is 0.0811. The van der Waals surface area contributed by atoms with Crippen molar-refractivity contribution >= 4 is 0 Å². The Labute approximate surface area is 294 Å². The van der Waals surface area contributed by atoms with Crippen LogP contribution in [0.15, 0.2) is 110 Å². The number of rotatable bonds is 2. The van der Waals surface area contributed by atoms with Crippen molar-refractivity contribution in [3.63, 3.8) is 0 Å². The minimum atomic E-state index is 0. The minimum absolute atomic E-state index is 0. The Kier molecular flexibility index (Phi) is 11.9. The molecule has 0 spiro atoms. The molecule has 2 aromatic heterocycles. The van der Waals surface area contributed by atoms with Crippen LogP contribution in [-0.2, 0) is 64.0 Å². The van der Waals surface area contributed by atoms with Crippen LogP contribution >= 0.6 is 0 Å². The van der Waals surface area contributed by atoms with Crippen LogP contribution in [0.4, 0.5) is 0 Å². The van der Waals surface area contributed by atoms with Gasteiger partial charge in [0.15, 0.2) is 0 Å². The van der Waals surface area contributed by atoms with Gasteiger partial charge in [-0.3, -0.25) is 11.8 Å². The van der Waals surface area contributed by atoms with Crippen LogP contribution in [-0.4, -0.2) is 29.9 Å². The molecule has 6 nitrogen and oxygen atoms in total. The van der Waals surface area contributed by atoms with Gasteiger partial charge in [-0.1, -0.05) is 60.7 Å². The molecule has 6 aromatic rings.